The zero-order valence-electron chi connectivity index (χ0n) is 33.4. The van der Waals surface area contributed by atoms with Gasteiger partial charge in [0.1, 0.15) is 13.2 Å². The van der Waals surface area contributed by atoms with Crippen molar-refractivity contribution in [1.29, 1.82) is 0 Å². The molecule has 0 aliphatic carbocycles. The molecule has 8 nitrogen and oxygen atoms in total. The van der Waals surface area contributed by atoms with E-state index in [9.17, 15) is 19.4 Å². The summed E-state index contributed by atoms with van der Waals surface area (Å²) in [5.74, 6) is -0.188. The summed E-state index contributed by atoms with van der Waals surface area (Å²) < 4.78 is 23.5. The number of rotatable bonds is 37. The summed E-state index contributed by atoms with van der Waals surface area (Å²) in [6.07, 6.45) is 38.1. The number of aliphatic hydroxyl groups is 1. The first-order valence-corrected chi connectivity index (χ1v) is 22.2. The predicted octanol–water partition coefficient (Wildman–Crippen LogP) is 11.0. The molecule has 0 saturated carbocycles. The van der Waals surface area contributed by atoms with E-state index in [-0.39, 0.29) is 19.1 Å². The van der Waals surface area contributed by atoms with Crippen molar-refractivity contribution < 1.29 is 32.9 Å². The number of phosphoric acid groups is 1. The molecular weight excluding hydrogens is 647 g/mol. The third kappa shape index (κ3) is 35.4. The van der Waals surface area contributed by atoms with E-state index in [0.717, 1.165) is 38.5 Å². The highest BCUT2D eigenvalue weighted by atomic mass is 31.2. The van der Waals surface area contributed by atoms with Gasteiger partial charge in [0.25, 0.3) is 0 Å². The van der Waals surface area contributed by atoms with Crippen molar-refractivity contribution in [2.75, 3.05) is 40.9 Å². The molecule has 3 N–H and O–H groups in total. The largest absolute Gasteiger partial charge is 0.472 e. The molecule has 296 valence electrons. The number of unbranched alkanes of at least 4 members (excludes halogenated alkanes) is 22. The van der Waals surface area contributed by atoms with E-state index in [4.69, 9.17) is 9.05 Å². The van der Waals surface area contributed by atoms with Gasteiger partial charge in [0, 0.05) is 6.42 Å². The number of carbonyl (C=O) groups excluding carboxylic acids is 1. The smallest absolute Gasteiger partial charge is 0.387 e. The quantitative estimate of drug-likeness (QED) is 0.0254. The normalized spacial score (nSPS) is 14.8. The van der Waals surface area contributed by atoms with Gasteiger partial charge in [-0.2, -0.15) is 0 Å². The Morgan fingerprint density at radius 3 is 1.60 bits per heavy atom. The zero-order valence-corrected chi connectivity index (χ0v) is 34.3. The molecule has 1 amide bonds. The van der Waals surface area contributed by atoms with Crippen molar-refractivity contribution in [2.24, 2.45) is 0 Å². The number of quaternary nitrogens is 1. The standard InChI is InChI=1S/C41H81N2O6P/c1-6-8-10-12-14-16-18-20-21-22-23-24-26-28-30-32-34-40(44)39(38-49-50(46,47)48-37-36-43(3,4)5)42-41(45)35-33-31-29-27-25-19-17-15-13-11-9-7-2/h24,26,32,34,39-40,44H,6-23,25,27-31,33,35-38H2,1-5H3,(H-,42,45,46,47)/p+1/b26-24+,34-32+/t39-,40+/m0/s1. The van der Waals surface area contributed by atoms with Gasteiger partial charge in [-0.1, -0.05) is 167 Å². The molecule has 0 rings (SSSR count). The fourth-order valence-electron chi connectivity index (χ4n) is 5.82. The Balaban J connectivity index is 4.53. The van der Waals surface area contributed by atoms with Crippen LogP contribution in [0.4, 0.5) is 0 Å². The van der Waals surface area contributed by atoms with Crippen LogP contribution >= 0.6 is 7.82 Å². The average molecular weight is 730 g/mol. The van der Waals surface area contributed by atoms with Gasteiger partial charge >= 0.3 is 7.82 Å². The van der Waals surface area contributed by atoms with Gasteiger partial charge in [-0.05, 0) is 32.1 Å². The Bertz CT molecular complexity index is 876. The van der Waals surface area contributed by atoms with Crippen LogP contribution in [0.25, 0.3) is 0 Å². The van der Waals surface area contributed by atoms with E-state index in [1.54, 1.807) is 6.08 Å². The first-order valence-electron chi connectivity index (χ1n) is 20.7. The monoisotopic (exact) mass is 730 g/mol. The maximum absolute atomic E-state index is 12.8. The van der Waals surface area contributed by atoms with Crippen molar-refractivity contribution in [3.05, 3.63) is 24.3 Å². The van der Waals surface area contributed by atoms with Crippen molar-refractivity contribution in [3.8, 4) is 0 Å². The van der Waals surface area contributed by atoms with E-state index in [1.807, 2.05) is 27.2 Å². The number of nitrogens with one attached hydrogen (secondary N) is 1. The summed E-state index contributed by atoms with van der Waals surface area (Å²) in [5, 5.41) is 13.8. The van der Waals surface area contributed by atoms with Crippen LogP contribution in [-0.2, 0) is 18.4 Å². The van der Waals surface area contributed by atoms with Crippen LogP contribution in [0.2, 0.25) is 0 Å². The molecule has 0 saturated heterocycles. The summed E-state index contributed by atoms with van der Waals surface area (Å²) in [6.45, 7) is 4.78. The molecule has 0 spiro atoms. The van der Waals surface area contributed by atoms with E-state index in [0.29, 0.717) is 17.4 Å². The fourth-order valence-corrected chi connectivity index (χ4v) is 6.56. The Kier molecular flexibility index (Phi) is 33.1. The molecule has 0 bridgehead atoms. The molecule has 1 unspecified atom stereocenters. The Labute approximate surface area is 309 Å². The van der Waals surface area contributed by atoms with Gasteiger partial charge in [-0.25, -0.2) is 4.57 Å². The van der Waals surface area contributed by atoms with Crippen LogP contribution in [0.5, 0.6) is 0 Å². The van der Waals surface area contributed by atoms with Crippen molar-refractivity contribution in [1.82, 2.24) is 5.32 Å². The number of hydrogen-bond donors (Lipinski definition) is 3. The molecule has 3 atom stereocenters. The van der Waals surface area contributed by atoms with Crippen LogP contribution in [-0.4, -0.2) is 73.4 Å². The second-order valence-electron chi connectivity index (χ2n) is 15.4. The minimum absolute atomic E-state index is 0.0580. The predicted molar refractivity (Wildman–Crippen MR) is 212 cm³/mol. The number of carbonyl (C=O) groups is 1. The molecular formula is C41H82N2O6P+. The van der Waals surface area contributed by atoms with Gasteiger partial charge in [0.15, 0.2) is 0 Å². The van der Waals surface area contributed by atoms with E-state index in [1.165, 1.54) is 122 Å². The first kappa shape index (κ1) is 49.0. The molecule has 0 aromatic carbocycles. The lowest BCUT2D eigenvalue weighted by Crippen LogP contribution is -2.45. The highest BCUT2D eigenvalue weighted by Gasteiger charge is 2.27. The first-order chi connectivity index (χ1) is 24.0. The van der Waals surface area contributed by atoms with Crippen molar-refractivity contribution >= 4 is 13.7 Å². The van der Waals surface area contributed by atoms with Crippen LogP contribution in [0, 0.1) is 0 Å². The Hall–Kier alpha value is -1.02. The third-order valence-electron chi connectivity index (χ3n) is 9.17. The number of likely N-dealkylation sites (N-methyl/N-ethyl adjacent to an activating group) is 1. The van der Waals surface area contributed by atoms with Crippen LogP contribution in [0.1, 0.15) is 181 Å². The number of hydrogen-bond acceptors (Lipinski definition) is 5. The molecule has 0 aromatic heterocycles. The molecule has 0 aliphatic rings. The minimum atomic E-state index is -4.33. The molecule has 0 fully saturated rings. The second-order valence-corrected chi connectivity index (χ2v) is 16.8. The topological polar surface area (TPSA) is 105 Å². The number of aliphatic hydroxyl groups excluding tert-OH is 1. The van der Waals surface area contributed by atoms with Crippen LogP contribution < -0.4 is 5.32 Å². The molecule has 0 radical (unpaired) electrons. The van der Waals surface area contributed by atoms with Gasteiger partial charge in [0.05, 0.1) is 39.9 Å². The average Bonchev–Trinajstić information content (AvgIpc) is 3.06. The lowest BCUT2D eigenvalue weighted by atomic mass is 10.0. The Morgan fingerprint density at radius 2 is 1.10 bits per heavy atom. The highest BCUT2D eigenvalue weighted by Crippen LogP contribution is 2.43. The highest BCUT2D eigenvalue weighted by molar-refractivity contribution is 7.47. The SMILES string of the molecule is CCCCCCCCCCCC/C=C/CC/C=C/[C@@H](O)[C@H](COP(=O)(O)OCC[N+](C)(C)C)NC(=O)CCCCCCCCCCCCCC. The molecule has 0 aliphatic heterocycles. The summed E-state index contributed by atoms with van der Waals surface area (Å²) in [4.78, 5) is 23.0. The van der Waals surface area contributed by atoms with Crippen LogP contribution in [0.15, 0.2) is 24.3 Å². The molecule has 9 heteroatoms. The van der Waals surface area contributed by atoms with E-state index in [2.05, 4.69) is 31.3 Å². The fraction of sp³-hybridized carbons (Fsp3) is 0.878. The maximum Gasteiger partial charge on any atom is 0.472 e. The number of amides is 1. The lowest BCUT2D eigenvalue weighted by Gasteiger charge is -2.25. The summed E-state index contributed by atoms with van der Waals surface area (Å²) in [5.41, 5.74) is 0. The van der Waals surface area contributed by atoms with E-state index < -0.39 is 20.0 Å². The summed E-state index contributed by atoms with van der Waals surface area (Å²) in [7, 11) is 1.56. The Morgan fingerprint density at radius 1 is 0.660 bits per heavy atom. The molecule has 0 heterocycles. The van der Waals surface area contributed by atoms with Crippen molar-refractivity contribution in [2.45, 2.75) is 193 Å². The number of nitrogens with zero attached hydrogens (tertiary/aromatic N) is 1. The number of phosphoric ester groups is 1. The van der Waals surface area contributed by atoms with Crippen molar-refractivity contribution in [3.63, 3.8) is 0 Å². The second kappa shape index (κ2) is 33.8. The number of allylic oxidation sites excluding steroid dienone is 3. The third-order valence-corrected chi connectivity index (χ3v) is 10.2. The van der Waals surface area contributed by atoms with Gasteiger partial charge in [0.2, 0.25) is 5.91 Å². The lowest BCUT2D eigenvalue weighted by molar-refractivity contribution is -0.870. The molecule has 0 aromatic rings. The van der Waals surface area contributed by atoms with Gasteiger partial charge in [-0.3, -0.25) is 13.8 Å². The maximum atomic E-state index is 12.8. The zero-order chi connectivity index (χ0) is 37.2. The summed E-state index contributed by atoms with van der Waals surface area (Å²) in [6, 6.07) is -0.856. The van der Waals surface area contributed by atoms with Crippen LogP contribution in [0.3, 0.4) is 0 Å². The van der Waals surface area contributed by atoms with E-state index >= 15 is 0 Å². The van der Waals surface area contributed by atoms with Gasteiger partial charge < -0.3 is 19.8 Å². The minimum Gasteiger partial charge on any atom is -0.387 e. The summed E-state index contributed by atoms with van der Waals surface area (Å²) >= 11 is 0. The van der Waals surface area contributed by atoms with Gasteiger partial charge in [-0.15, -0.1) is 0 Å². The molecule has 50 heavy (non-hydrogen) atoms.